The molecule has 0 aliphatic heterocycles. The highest BCUT2D eigenvalue weighted by Gasteiger charge is 2.18. The lowest BCUT2D eigenvalue weighted by molar-refractivity contribution is -0.121. The number of fused-ring (bicyclic) bond motifs is 1. The number of carbonyl (C=O) groups excluding carboxylic acids is 2. The second kappa shape index (κ2) is 11.0. The van der Waals surface area contributed by atoms with Crippen LogP contribution in [-0.4, -0.2) is 32.5 Å². The zero-order chi connectivity index (χ0) is 27.4. The third-order valence-corrected chi connectivity index (χ3v) is 5.96. The van der Waals surface area contributed by atoms with Crippen LogP contribution in [0, 0.1) is 22.9 Å². The summed E-state index contributed by atoms with van der Waals surface area (Å²) in [6, 6.07) is 9.64. The Bertz CT molecular complexity index is 1630. The molecule has 0 saturated heterocycles. The number of aromatic nitrogens is 2. The summed E-state index contributed by atoms with van der Waals surface area (Å²) < 4.78 is 44.9. The van der Waals surface area contributed by atoms with Crippen molar-refractivity contribution in [2.45, 2.75) is 19.6 Å². The van der Waals surface area contributed by atoms with Crippen LogP contribution in [0.5, 0.6) is 0 Å². The van der Waals surface area contributed by atoms with E-state index in [2.05, 4.69) is 16.9 Å². The molecule has 11 heteroatoms. The Kier molecular flexibility index (Phi) is 7.56. The molecule has 0 bridgehead atoms. The summed E-state index contributed by atoms with van der Waals surface area (Å²) in [5.41, 5.74) is 0.108. The molecule has 0 unspecified atom stereocenters. The van der Waals surface area contributed by atoms with Gasteiger partial charge in [-0.05, 0) is 29.7 Å². The average Bonchev–Trinajstić information content (AvgIpc) is 3.37. The standard InChI is InChI=1S/C27H22F3N5O3/c1-2-34(24(37)11-31)13-17-3-4-18(26(30)25(17)29)14-35-15-19(5-6-23(35)36)27(38)33-12-20-9-16-7-8-32-22(16)10-21(20)28/h2-11,15,31-32H,1,12-14H2,(H,33,38). The van der Waals surface area contributed by atoms with Gasteiger partial charge in [-0.2, -0.15) is 0 Å². The van der Waals surface area contributed by atoms with Crippen molar-refractivity contribution in [2.24, 2.45) is 0 Å². The number of benzene rings is 2. The highest BCUT2D eigenvalue weighted by atomic mass is 19.2. The summed E-state index contributed by atoms with van der Waals surface area (Å²) in [4.78, 5) is 40.6. The van der Waals surface area contributed by atoms with Crippen LogP contribution in [0.4, 0.5) is 13.2 Å². The Hall–Kier alpha value is -4.93. The fraction of sp³-hybridized carbons (Fsp3) is 0.111. The number of hydrogen-bond donors (Lipinski definition) is 3. The van der Waals surface area contributed by atoms with Gasteiger partial charge in [0.2, 0.25) is 0 Å². The van der Waals surface area contributed by atoms with Crippen molar-refractivity contribution in [2.75, 3.05) is 0 Å². The molecular weight excluding hydrogens is 499 g/mol. The van der Waals surface area contributed by atoms with Crippen molar-refractivity contribution in [3.63, 3.8) is 0 Å². The maximum absolute atomic E-state index is 14.8. The minimum absolute atomic E-state index is 0.0667. The lowest BCUT2D eigenvalue weighted by Gasteiger charge is -2.17. The lowest BCUT2D eigenvalue weighted by atomic mass is 10.1. The predicted octanol–water partition coefficient (Wildman–Crippen LogP) is 3.85. The minimum Gasteiger partial charge on any atom is -0.361 e. The quantitative estimate of drug-likeness (QED) is 0.291. The molecule has 8 nitrogen and oxygen atoms in total. The first-order chi connectivity index (χ1) is 18.2. The largest absolute Gasteiger partial charge is 0.361 e. The maximum atomic E-state index is 14.8. The zero-order valence-electron chi connectivity index (χ0n) is 19.9. The van der Waals surface area contributed by atoms with Crippen molar-refractivity contribution in [1.82, 2.24) is 19.8 Å². The highest BCUT2D eigenvalue weighted by molar-refractivity contribution is 6.25. The van der Waals surface area contributed by atoms with Crippen LogP contribution >= 0.6 is 0 Å². The first-order valence-corrected chi connectivity index (χ1v) is 11.4. The van der Waals surface area contributed by atoms with Crippen molar-refractivity contribution >= 4 is 28.9 Å². The van der Waals surface area contributed by atoms with E-state index in [1.807, 2.05) is 0 Å². The van der Waals surface area contributed by atoms with Crippen molar-refractivity contribution in [1.29, 1.82) is 5.41 Å². The van der Waals surface area contributed by atoms with Gasteiger partial charge in [0.25, 0.3) is 17.4 Å². The van der Waals surface area contributed by atoms with Gasteiger partial charge in [0.1, 0.15) is 5.82 Å². The highest BCUT2D eigenvalue weighted by Crippen LogP contribution is 2.20. The number of nitrogens with zero attached hydrogens (tertiary/aromatic N) is 2. The van der Waals surface area contributed by atoms with E-state index >= 15 is 0 Å². The number of halogens is 3. The van der Waals surface area contributed by atoms with Crippen LogP contribution in [0.15, 0.2) is 72.4 Å². The number of nitrogens with one attached hydrogen (secondary N) is 3. The molecule has 4 aromatic rings. The predicted molar refractivity (Wildman–Crippen MR) is 135 cm³/mol. The molecule has 0 spiro atoms. The van der Waals surface area contributed by atoms with E-state index in [0.717, 1.165) is 27.1 Å². The number of carbonyl (C=O) groups is 2. The Labute approximate surface area is 214 Å². The number of aromatic amines is 1. The zero-order valence-corrected chi connectivity index (χ0v) is 19.9. The average molecular weight is 521 g/mol. The van der Waals surface area contributed by atoms with Gasteiger partial charge < -0.3 is 25.2 Å². The third kappa shape index (κ3) is 5.41. The molecular formula is C27H22F3N5O3. The molecule has 2 aromatic heterocycles. The van der Waals surface area contributed by atoms with Crippen molar-refractivity contribution < 1.29 is 22.8 Å². The lowest BCUT2D eigenvalue weighted by Crippen LogP contribution is -2.27. The number of hydrogen-bond acceptors (Lipinski definition) is 4. The van der Waals surface area contributed by atoms with E-state index in [1.165, 1.54) is 30.5 Å². The number of amides is 2. The molecule has 4 rings (SSSR count). The van der Waals surface area contributed by atoms with E-state index < -0.39 is 34.8 Å². The monoisotopic (exact) mass is 521 g/mol. The number of pyridine rings is 1. The Balaban J connectivity index is 1.50. The van der Waals surface area contributed by atoms with Gasteiger partial charge in [0.15, 0.2) is 11.6 Å². The van der Waals surface area contributed by atoms with Gasteiger partial charge >= 0.3 is 0 Å². The first-order valence-electron chi connectivity index (χ1n) is 11.4. The van der Waals surface area contributed by atoms with Crippen LogP contribution < -0.4 is 10.9 Å². The molecule has 2 amide bonds. The van der Waals surface area contributed by atoms with Crippen LogP contribution in [-0.2, 0) is 24.4 Å². The fourth-order valence-corrected chi connectivity index (χ4v) is 3.88. The summed E-state index contributed by atoms with van der Waals surface area (Å²) in [5, 5.41) is 10.4. The molecule has 2 heterocycles. The Morgan fingerprint density at radius 2 is 1.79 bits per heavy atom. The number of H-pyrrole nitrogens is 1. The molecule has 0 aliphatic carbocycles. The summed E-state index contributed by atoms with van der Waals surface area (Å²) in [6.45, 7) is 2.61. The minimum atomic E-state index is -1.22. The van der Waals surface area contributed by atoms with E-state index in [9.17, 15) is 27.6 Å². The Morgan fingerprint density at radius 1 is 1.05 bits per heavy atom. The SMILES string of the molecule is C=CN(Cc1ccc(Cn2cc(C(=O)NCc3cc4cc[nH]c4cc3F)ccc2=O)c(F)c1F)C(=O)C=N. The summed E-state index contributed by atoms with van der Waals surface area (Å²) in [7, 11) is 0. The summed E-state index contributed by atoms with van der Waals surface area (Å²) in [5.74, 6) is -4.26. The van der Waals surface area contributed by atoms with E-state index in [1.54, 1.807) is 18.3 Å². The normalized spacial score (nSPS) is 10.8. The van der Waals surface area contributed by atoms with Crippen molar-refractivity contribution in [3.05, 3.63) is 118 Å². The summed E-state index contributed by atoms with van der Waals surface area (Å²) in [6.07, 6.45) is 4.50. The van der Waals surface area contributed by atoms with E-state index in [4.69, 9.17) is 5.41 Å². The maximum Gasteiger partial charge on any atom is 0.268 e. The van der Waals surface area contributed by atoms with Gasteiger partial charge in [0, 0.05) is 53.4 Å². The molecule has 0 radical (unpaired) electrons. The third-order valence-electron chi connectivity index (χ3n) is 5.96. The van der Waals surface area contributed by atoms with Gasteiger partial charge in [-0.3, -0.25) is 14.4 Å². The van der Waals surface area contributed by atoms with Gasteiger partial charge in [0.05, 0.1) is 24.9 Å². The van der Waals surface area contributed by atoms with Crippen LogP contribution in [0.25, 0.3) is 10.9 Å². The fourth-order valence-electron chi connectivity index (χ4n) is 3.88. The molecule has 38 heavy (non-hydrogen) atoms. The molecule has 3 N–H and O–H groups in total. The van der Waals surface area contributed by atoms with E-state index in [0.29, 0.717) is 11.7 Å². The Morgan fingerprint density at radius 3 is 2.53 bits per heavy atom. The van der Waals surface area contributed by atoms with Crippen molar-refractivity contribution in [3.8, 4) is 0 Å². The molecule has 0 fully saturated rings. The second-order valence-electron chi connectivity index (χ2n) is 8.38. The molecule has 0 saturated carbocycles. The molecule has 0 atom stereocenters. The topological polar surface area (TPSA) is 111 Å². The summed E-state index contributed by atoms with van der Waals surface area (Å²) >= 11 is 0. The first kappa shape index (κ1) is 26.1. The molecule has 2 aromatic carbocycles. The van der Waals surface area contributed by atoms with Gasteiger partial charge in [-0.25, -0.2) is 13.2 Å². The van der Waals surface area contributed by atoms with E-state index in [-0.39, 0.29) is 41.9 Å². The smallest absolute Gasteiger partial charge is 0.268 e. The number of rotatable bonds is 9. The van der Waals surface area contributed by atoms with Gasteiger partial charge in [-0.15, -0.1) is 0 Å². The van der Waals surface area contributed by atoms with Crippen LogP contribution in [0.3, 0.4) is 0 Å². The van der Waals surface area contributed by atoms with Crippen LogP contribution in [0.2, 0.25) is 0 Å². The van der Waals surface area contributed by atoms with Gasteiger partial charge in [-0.1, -0.05) is 18.7 Å². The molecule has 194 valence electrons. The van der Waals surface area contributed by atoms with Crippen LogP contribution in [0.1, 0.15) is 27.0 Å². The second-order valence-corrected chi connectivity index (χ2v) is 8.38. The molecule has 0 aliphatic rings.